The lowest BCUT2D eigenvalue weighted by Crippen LogP contribution is -2.17. The number of rotatable bonds is 5. The summed E-state index contributed by atoms with van der Waals surface area (Å²) < 4.78 is 1.93. The molecule has 2 aliphatic heterocycles. The lowest BCUT2D eigenvalue weighted by molar-refractivity contribution is -0.479. The number of allylic oxidation sites excluding steroid dienone is 4. The Morgan fingerprint density at radius 2 is 2.04 bits per heavy atom. The zero-order valence-corrected chi connectivity index (χ0v) is 17.1. The first-order valence-electron chi connectivity index (χ1n) is 9.12. The molecular weight excluding hydrogens is 322 g/mol. The van der Waals surface area contributed by atoms with Crippen LogP contribution in [0.2, 0.25) is 0 Å². The molecule has 0 N–H and O–H groups in total. The van der Waals surface area contributed by atoms with Crippen LogP contribution >= 0.6 is 0 Å². The third kappa shape index (κ3) is 6.87. The Morgan fingerprint density at radius 1 is 1.35 bits per heavy atom. The second-order valence-corrected chi connectivity index (χ2v) is 6.93. The van der Waals surface area contributed by atoms with Gasteiger partial charge < -0.3 is 9.80 Å². The van der Waals surface area contributed by atoms with Gasteiger partial charge in [0.05, 0.1) is 0 Å². The number of carbonyl (C=O) groups excluding carboxylic acids is 1. The van der Waals surface area contributed by atoms with Crippen LogP contribution in [0.4, 0.5) is 0 Å². The number of hydrogen-bond acceptors (Lipinski definition) is 2. The molecule has 0 aromatic rings. The SMILES string of the molecule is C=C1CC(=CCCC(=CC)C[N+](=C)C)N(C)C1=O.CC=C1C=CN(C)C1. The van der Waals surface area contributed by atoms with Gasteiger partial charge in [0.2, 0.25) is 0 Å². The second kappa shape index (κ2) is 10.6. The summed E-state index contributed by atoms with van der Waals surface area (Å²) in [6, 6.07) is 0. The summed E-state index contributed by atoms with van der Waals surface area (Å²) in [6.45, 7) is 13.7. The molecule has 4 nitrogen and oxygen atoms in total. The van der Waals surface area contributed by atoms with Crippen LogP contribution in [0.1, 0.15) is 33.1 Å². The van der Waals surface area contributed by atoms with Gasteiger partial charge in [-0.2, -0.15) is 0 Å². The maximum Gasteiger partial charge on any atom is 0.253 e. The summed E-state index contributed by atoms with van der Waals surface area (Å²) >= 11 is 0. The Hall–Kier alpha value is -2.36. The maximum absolute atomic E-state index is 11.6. The zero-order valence-electron chi connectivity index (χ0n) is 17.1. The number of likely N-dealkylation sites (N-methyl/N-ethyl adjacent to an activating group) is 3. The fourth-order valence-corrected chi connectivity index (χ4v) is 2.88. The molecule has 0 saturated carbocycles. The van der Waals surface area contributed by atoms with Crippen LogP contribution in [0.25, 0.3) is 0 Å². The average Bonchev–Trinajstić information content (AvgIpc) is 3.13. The van der Waals surface area contributed by atoms with Crippen molar-refractivity contribution < 1.29 is 9.37 Å². The Labute approximate surface area is 159 Å². The van der Waals surface area contributed by atoms with E-state index in [0.717, 1.165) is 31.6 Å². The molecule has 0 bridgehead atoms. The summed E-state index contributed by atoms with van der Waals surface area (Å²) in [5.74, 6) is 0.0463. The molecule has 0 radical (unpaired) electrons. The summed E-state index contributed by atoms with van der Waals surface area (Å²) in [6.07, 6.45) is 13.3. The summed E-state index contributed by atoms with van der Waals surface area (Å²) in [5, 5.41) is 0. The molecule has 1 saturated heterocycles. The van der Waals surface area contributed by atoms with E-state index in [0.29, 0.717) is 12.0 Å². The quantitative estimate of drug-likeness (QED) is 0.325. The highest BCUT2D eigenvalue weighted by molar-refractivity contribution is 5.97. The Bertz CT molecular complexity index is 665. The van der Waals surface area contributed by atoms with Crippen molar-refractivity contribution in [2.45, 2.75) is 33.1 Å². The maximum atomic E-state index is 11.6. The van der Waals surface area contributed by atoms with Crippen molar-refractivity contribution in [3.63, 3.8) is 0 Å². The van der Waals surface area contributed by atoms with E-state index in [9.17, 15) is 4.79 Å². The lowest BCUT2D eigenvalue weighted by Gasteiger charge is -2.10. The molecular formula is C22H34N3O+. The average molecular weight is 357 g/mol. The molecule has 0 atom stereocenters. The van der Waals surface area contributed by atoms with E-state index >= 15 is 0 Å². The fraction of sp³-hybridized carbons (Fsp3) is 0.455. The Kier molecular flexibility index (Phi) is 8.83. The number of carbonyl (C=O) groups is 1. The molecule has 4 heteroatoms. The van der Waals surface area contributed by atoms with Crippen LogP contribution in [0.15, 0.2) is 59.5 Å². The van der Waals surface area contributed by atoms with Crippen LogP contribution in [0, 0.1) is 0 Å². The minimum absolute atomic E-state index is 0.0463. The third-order valence-electron chi connectivity index (χ3n) is 4.50. The van der Waals surface area contributed by atoms with Gasteiger partial charge in [-0.05, 0) is 50.1 Å². The number of likely N-dealkylation sites (tertiary alicyclic amines) is 1. The molecule has 1 fully saturated rings. The predicted molar refractivity (Wildman–Crippen MR) is 111 cm³/mol. The van der Waals surface area contributed by atoms with Gasteiger partial charge in [0.25, 0.3) is 5.91 Å². The van der Waals surface area contributed by atoms with E-state index in [1.807, 2.05) is 18.7 Å². The van der Waals surface area contributed by atoms with Crippen molar-refractivity contribution in [1.29, 1.82) is 0 Å². The highest BCUT2D eigenvalue weighted by Crippen LogP contribution is 2.25. The van der Waals surface area contributed by atoms with E-state index < -0.39 is 0 Å². The summed E-state index contributed by atoms with van der Waals surface area (Å²) in [5.41, 5.74) is 4.54. The van der Waals surface area contributed by atoms with Gasteiger partial charge in [0.15, 0.2) is 6.54 Å². The van der Waals surface area contributed by atoms with Crippen molar-refractivity contribution in [3.05, 3.63) is 59.5 Å². The summed E-state index contributed by atoms with van der Waals surface area (Å²) in [7, 11) is 5.86. The van der Waals surface area contributed by atoms with E-state index in [-0.39, 0.29) is 5.91 Å². The van der Waals surface area contributed by atoms with Gasteiger partial charge in [-0.1, -0.05) is 24.8 Å². The molecule has 0 aromatic carbocycles. The molecule has 26 heavy (non-hydrogen) atoms. The van der Waals surface area contributed by atoms with E-state index in [1.165, 1.54) is 11.1 Å². The smallest absolute Gasteiger partial charge is 0.253 e. The van der Waals surface area contributed by atoms with Crippen molar-refractivity contribution in [3.8, 4) is 0 Å². The van der Waals surface area contributed by atoms with Gasteiger partial charge in [-0.25, -0.2) is 4.58 Å². The topological polar surface area (TPSA) is 26.6 Å². The highest BCUT2D eigenvalue weighted by atomic mass is 16.2. The normalized spacial score (nSPS) is 20.3. The largest absolute Gasteiger partial charge is 0.376 e. The summed E-state index contributed by atoms with van der Waals surface area (Å²) in [4.78, 5) is 15.4. The van der Waals surface area contributed by atoms with Crippen LogP contribution in [0.3, 0.4) is 0 Å². The van der Waals surface area contributed by atoms with Crippen molar-refractivity contribution >= 4 is 12.6 Å². The minimum atomic E-state index is 0.0463. The zero-order chi connectivity index (χ0) is 19.7. The molecule has 0 aliphatic carbocycles. The van der Waals surface area contributed by atoms with Gasteiger partial charge in [-0.3, -0.25) is 4.79 Å². The molecule has 142 valence electrons. The molecule has 0 unspecified atom stereocenters. The van der Waals surface area contributed by atoms with E-state index in [1.54, 1.807) is 4.90 Å². The molecule has 2 rings (SSSR count). The lowest BCUT2D eigenvalue weighted by atomic mass is 10.1. The van der Waals surface area contributed by atoms with Crippen molar-refractivity contribution in [1.82, 2.24) is 9.80 Å². The van der Waals surface area contributed by atoms with Crippen LogP contribution in [0.5, 0.6) is 0 Å². The molecule has 0 spiro atoms. The second-order valence-electron chi connectivity index (χ2n) is 6.93. The molecule has 2 heterocycles. The van der Waals surface area contributed by atoms with Gasteiger partial charge in [0, 0.05) is 38.3 Å². The first-order valence-corrected chi connectivity index (χ1v) is 9.12. The van der Waals surface area contributed by atoms with Crippen LogP contribution in [-0.4, -0.2) is 61.2 Å². The number of amides is 1. The van der Waals surface area contributed by atoms with Gasteiger partial charge >= 0.3 is 0 Å². The van der Waals surface area contributed by atoms with Crippen LogP contribution < -0.4 is 0 Å². The van der Waals surface area contributed by atoms with E-state index in [2.05, 4.69) is 69.6 Å². The fourth-order valence-electron chi connectivity index (χ4n) is 2.88. The first kappa shape index (κ1) is 21.7. The van der Waals surface area contributed by atoms with Crippen molar-refractivity contribution in [2.24, 2.45) is 0 Å². The third-order valence-corrected chi connectivity index (χ3v) is 4.50. The Morgan fingerprint density at radius 3 is 2.42 bits per heavy atom. The standard InChI is InChI=1S/C15H23N2O.C7H11N/c1-6-13(11-16(3)4)8-7-9-14-10-12(2)15(18)17(14)5;1-3-7-4-5-8(2)6-7/h6,9H,2-3,7-8,10-11H2,1,4-5H3;3-5H,6H2,1-2H3/q+1;. The number of nitrogens with zero attached hydrogens (tertiary/aromatic N) is 3. The first-order chi connectivity index (χ1) is 12.3. The minimum Gasteiger partial charge on any atom is -0.376 e. The van der Waals surface area contributed by atoms with Gasteiger partial charge in [-0.15, -0.1) is 0 Å². The monoisotopic (exact) mass is 356 g/mol. The highest BCUT2D eigenvalue weighted by Gasteiger charge is 2.25. The number of hydrogen-bond donors (Lipinski definition) is 0. The molecule has 1 amide bonds. The Balaban J connectivity index is 0.000000350. The van der Waals surface area contributed by atoms with E-state index in [4.69, 9.17) is 0 Å². The molecule has 2 aliphatic rings. The van der Waals surface area contributed by atoms with Crippen LogP contribution in [-0.2, 0) is 4.79 Å². The van der Waals surface area contributed by atoms with Gasteiger partial charge in [0.1, 0.15) is 13.8 Å². The van der Waals surface area contributed by atoms with Crippen molar-refractivity contribution in [2.75, 3.05) is 34.2 Å². The predicted octanol–water partition coefficient (Wildman–Crippen LogP) is 3.75. The molecule has 0 aromatic heterocycles.